The average molecular weight is 652 g/mol. The fourth-order valence-electron chi connectivity index (χ4n) is 9.91. The van der Waals surface area contributed by atoms with Gasteiger partial charge < -0.3 is 29.8 Å². The molecule has 2 aromatic carbocycles. The number of primary amides is 1. The van der Waals surface area contributed by atoms with Crippen molar-refractivity contribution in [2.24, 2.45) is 17.6 Å². The number of hydrogen-bond acceptors (Lipinski definition) is 6. The zero-order chi connectivity index (χ0) is 32.3. The number of nitrogens with zero attached hydrogens (tertiary/aromatic N) is 4. The van der Waals surface area contributed by atoms with Gasteiger partial charge in [-0.1, -0.05) is 24.6 Å². The molecule has 1 aliphatic carbocycles. The molecular weight excluding hydrogens is 610 g/mol. The van der Waals surface area contributed by atoms with Crippen molar-refractivity contribution in [1.82, 2.24) is 4.90 Å². The number of nitrogens with two attached hydrogens (primary N) is 1. The molecule has 6 heterocycles. The van der Waals surface area contributed by atoms with E-state index in [-0.39, 0.29) is 22.4 Å². The van der Waals surface area contributed by atoms with Crippen LogP contribution in [0.3, 0.4) is 0 Å². The summed E-state index contributed by atoms with van der Waals surface area (Å²) in [6.07, 6.45) is 1.63. The van der Waals surface area contributed by atoms with Gasteiger partial charge in [-0.25, -0.2) is 13.2 Å². The highest BCUT2D eigenvalue weighted by Gasteiger charge is 2.63. The van der Waals surface area contributed by atoms with Gasteiger partial charge >= 0.3 is 5.97 Å². The molecule has 9 rings (SSSR count). The van der Waals surface area contributed by atoms with E-state index in [0.29, 0.717) is 42.5 Å². The van der Waals surface area contributed by atoms with Gasteiger partial charge in [0.05, 0.1) is 41.2 Å². The lowest BCUT2D eigenvalue weighted by molar-refractivity contribution is -1.08. The molecule has 5 atom stereocenters. The monoisotopic (exact) mass is 651 g/mol. The summed E-state index contributed by atoms with van der Waals surface area (Å²) in [6, 6.07) is 8.11. The van der Waals surface area contributed by atoms with Crippen LogP contribution < -0.4 is 10.0 Å². The minimum atomic E-state index is -4.01. The molecule has 2 aromatic rings. The molecule has 6 aliphatic heterocycles. The number of aliphatic hydroxyl groups is 1. The molecule has 0 aromatic heterocycles. The topological polar surface area (TPSA) is 158 Å². The Morgan fingerprint density at radius 2 is 1.74 bits per heavy atom. The number of aliphatic hydroxyl groups excluding tert-OH is 1. The lowest BCUT2D eigenvalue weighted by atomic mass is 9.71. The molecule has 2 amide bonds. The molecule has 4 N–H and O–H groups in total. The normalized spacial score (nSPS) is 34.4. The summed E-state index contributed by atoms with van der Waals surface area (Å²) in [7, 11) is -4.01. The summed E-state index contributed by atoms with van der Waals surface area (Å²) in [5.41, 5.74) is 7.57. The second-order valence-corrected chi connectivity index (χ2v) is 16.3. The van der Waals surface area contributed by atoms with Gasteiger partial charge in [-0.2, -0.15) is 0 Å². The van der Waals surface area contributed by atoms with Gasteiger partial charge in [0, 0.05) is 17.7 Å². The molecule has 0 spiro atoms. The number of anilines is 1. The van der Waals surface area contributed by atoms with Crippen LogP contribution in [0.5, 0.6) is 0 Å². The fourth-order valence-corrected chi connectivity index (χ4v) is 11.8. The maximum absolute atomic E-state index is 14.4. The lowest BCUT2D eigenvalue weighted by Crippen LogP contribution is -2.76. The standard InChI is InChI=1S/C33H39N5O7S/c1-19(39)27-30-22-5-3-7-24(29(22)31(33(42)43)35(30)32(27)41)36-23-6-2-4-21-20(8-9-25(28(21)23)46(36,44)45)10-11-37-12-15-38(16-13-37,17-14-37)18-26(34)40/h2,4,6,8-9,19,22,24,27,30,39H,3,5,7,10-18H2,1H3,(H-2,34,40,42,43)/p+2/t19?,22-,24?,27+,30?,37?,38?/m0/s1. The molecule has 1 saturated carbocycles. The summed E-state index contributed by atoms with van der Waals surface area (Å²) < 4.78 is 31.9. The summed E-state index contributed by atoms with van der Waals surface area (Å²) in [5.74, 6) is -2.91. The van der Waals surface area contributed by atoms with Gasteiger partial charge in [0.1, 0.15) is 45.0 Å². The molecule has 3 unspecified atom stereocenters. The third-order valence-electron chi connectivity index (χ3n) is 12.2. The lowest BCUT2D eigenvalue weighted by Gasteiger charge is -2.55. The van der Waals surface area contributed by atoms with E-state index >= 15 is 0 Å². The van der Waals surface area contributed by atoms with Gasteiger partial charge in [0.25, 0.3) is 15.9 Å². The molecule has 5 fully saturated rings. The first-order valence-corrected chi connectivity index (χ1v) is 17.9. The van der Waals surface area contributed by atoms with E-state index in [1.807, 2.05) is 24.3 Å². The van der Waals surface area contributed by atoms with Crippen molar-refractivity contribution in [3.8, 4) is 0 Å². The first-order chi connectivity index (χ1) is 21.9. The first kappa shape index (κ1) is 29.9. The summed E-state index contributed by atoms with van der Waals surface area (Å²) >= 11 is 0. The highest BCUT2D eigenvalue weighted by molar-refractivity contribution is 7.93. The van der Waals surface area contributed by atoms with Crippen LogP contribution >= 0.6 is 0 Å². The molecule has 244 valence electrons. The number of piperazine rings is 3. The van der Waals surface area contributed by atoms with Crippen LogP contribution in [0.25, 0.3) is 10.8 Å². The predicted octanol–water partition coefficient (Wildman–Crippen LogP) is 0.766. The number of rotatable bonds is 8. The van der Waals surface area contributed by atoms with Crippen molar-refractivity contribution in [3.05, 3.63) is 47.2 Å². The smallest absolute Gasteiger partial charge is 0.352 e. The highest BCUT2D eigenvalue weighted by atomic mass is 32.2. The summed E-state index contributed by atoms with van der Waals surface area (Å²) in [4.78, 5) is 38.9. The second-order valence-electron chi connectivity index (χ2n) is 14.5. The maximum Gasteiger partial charge on any atom is 0.352 e. The number of β-lactam (4-membered cyclic amide) rings is 1. The number of sulfonamides is 1. The zero-order valence-corrected chi connectivity index (χ0v) is 26.8. The van der Waals surface area contributed by atoms with E-state index in [0.717, 1.165) is 72.1 Å². The Bertz CT molecular complexity index is 1830. The van der Waals surface area contributed by atoms with Crippen molar-refractivity contribution in [3.63, 3.8) is 0 Å². The number of benzene rings is 2. The van der Waals surface area contributed by atoms with E-state index < -0.39 is 46.0 Å². The predicted molar refractivity (Wildman–Crippen MR) is 168 cm³/mol. The van der Waals surface area contributed by atoms with E-state index in [1.54, 1.807) is 13.0 Å². The van der Waals surface area contributed by atoms with Gasteiger partial charge in [-0.05, 0) is 48.4 Å². The largest absolute Gasteiger partial charge is 0.477 e. The molecule has 46 heavy (non-hydrogen) atoms. The van der Waals surface area contributed by atoms with Gasteiger partial charge in [0.2, 0.25) is 5.91 Å². The molecule has 2 bridgehead atoms. The van der Waals surface area contributed by atoms with Gasteiger partial charge in [0.15, 0.2) is 6.54 Å². The quantitative estimate of drug-likeness (QED) is 0.281. The molecule has 12 nitrogen and oxygen atoms in total. The van der Waals surface area contributed by atoms with Crippen LogP contribution in [0, 0.1) is 11.8 Å². The Morgan fingerprint density at radius 1 is 1.04 bits per heavy atom. The van der Waals surface area contributed by atoms with Crippen LogP contribution in [0.15, 0.2) is 46.5 Å². The van der Waals surface area contributed by atoms with Crippen molar-refractivity contribution < 1.29 is 42.0 Å². The molecule has 13 heteroatoms. The first-order valence-electron chi connectivity index (χ1n) is 16.4. The minimum Gasteiger partial charge on any atom is -0.477 e. The van der Waals surface area contributed by atoms with Crippen LogP contribution in [0.2, 0.25) is 0 Å². The third-order valence-corrected chi connectivity index (χ3v) is 14.1. The van der Waals surface area contributed by atoms with E-state index in [2.05, 4.69) is 0 Å². The van der Waals surface area contributed by atoms with Crippen LogP contribution in [0.1, 0.15) is 31.7 Å². The molecule has 0 radical (unpaired) electrons. The minimum absolute atomic E-state index is 0.115. The van der Waals surface area contributed by atoms with E-state index in [9.17, 15) is 33.0 Å². The zero-order valence-electron chi connectivity index (χ0n) is 26.0. The number of fused-ring (bicyclic) bond motifs is 6. The Kier molecular flexibility index (Phi) is 6.48. The Hall–Kier alpha value is -3.52. The third kappa shape index (κ3) is 4.01. The van der Waals surface area contributed by atoms with Crippen LogP contribution in [-0.2, 0) is 30.8 Å². The number of amides is 2. The fraction of sp³-hybridized carbons (Fsp3) is 0.545. The maximum atomic E-state index is 14.4. The van der Waals surface area contributed by atoms with Crippen LogP contribution in [0.4, 0.5) is 5.69 Å². The number of carbonyl (C=O) groups excluding carboxylic acids is 2. The molecule has 7 aliphatic rings. The number of carboxylic acids is 1. The van der Waals surface area contributed by atoms with Crippen LogP contribution in [-0.4, -0.2) is 121 Å². The van der Waals surface area contributed by atoms with Crippen molar-refractivity contribution in [1.29, 1.82) is 0 Å². The van der Waals surface area contributed by atoms with E-state index in [1.165, 1.54) is 9.21 Å². The Morgan fingerprint density at radius 3 is 2.39 bits per heavy atom. The van der Waals surface area contributed by atoms with Crippen molar-refractivity contribution in [2.75, 3.05) is 56.7 Å². The number of aliphatic carboxylic acids is 1. The average Bonchev–Trinajstić information content (AvgIpc) is 3.44. The van der Waals surface area contributed by atoms with E-state index in [4.69, 9.17) is 5.73 Å². The SMILES string of the molecule is CC(O)[C@H]1C(=O)N2C(C(=O)O)=C3C(N4c5cccc6c(CC[N+]78CC[N+](CC(N)=O)(CC7)CC8)ccc(c56)S4(=O)=O)CCC[C@@H]3C12. The highest BCUT2D eigenvalue weighted by Crippen LogP contribution is 2.55. The number of hydrogen-bond donors (Lipinski definition) is 3. The number of quaternary nitrogens is 2. The molecule has 4 saturated heterocycles. The molecular formula is C33H41N5O7S+2. The summed E-state index contributed by atoms with van der Waals surface area (Å²) in [6.45, 7) is 8.71. The number of carboxylic acid groups (broad SMARTS) is 1. The number of carbonyl (C=O) groups is 3. The second kappa shape index (κ2) is 9.99. The summed E-state index contributed by atoms with van der Waals surface area (Å²) in [5, 5.41) is 22.3. The Labute approximate surface area is 267 Å². The van der Waals surface area contributed by atoms with Crippen molar-refractivity contribution in [2.45, 2.75) is 55.7 Å². The Balaban J connectivity index is 1.13. The van der Waals surface area contributed by atoms with Gasteiger partial charge in [-0.15, -0.1) is 0 Å². The van der Waals surface area contributed by atoms with Gasteiger partial charge in [-0.3, -0.25) is 13.9 Å². The van der Waals surface area contributed by atoms with Crippen molar-refractivity contribution >= 4 is 44.3 Å².